The Labute approximate surface area is 113 Å². The quantitative estimate of drug-likeness (QED) is 0.453. The van der Waals surface area contributed by atoms with E-state index in [1.165, 1.54) is 11.3 Å². The van der Waals surface area contributed by atoms with Gasteiger partial charge in [-0.25, -0.2) is 0 Å². The van der Waals surface area contributed by atoms with Gasteiger partial charge < -0.3 is 14.8 Å². The third kappa shape index (κ3) is 3.99. The summed E-state index contributed by atoms with van der Waals surface area (Å²) in [5.74, 6) is 1.39. The van der Waals surface area contributed by atoms with Crippen molar-refractivity contribution >= 4 is 35.7 Å². The summed E-state index contributed by atoms with van der Waals surface area (Å²) < 4.78 is 6.42. The van der Waals surface area contributed by atoms with Crippen LogP contribution < -0.4 is 10.2 Å². The predicted octanol–water partition coefficient (Wildman–Crippen LogP) is 0.389. The SMILES string of the molecule is OB(O)c1cccc(OCCSc2nncs2)c1. The fraction of sp³-hybridized carbons (Fsp3) is 0.200. The van der Waals surface area contributed by atoms with E-state index in [0.29, 0.717) is 17.8 Å². The van der Waals surface area contributed by atoms with E-state index in [4.69, 9.17) is 14.8 Å². The Morgan fingerprint density at radius 2 is 2.28 bits per heavy atom. The van der Waals surface area contributed by atoms with Crippen molar-refractivity contribution in [2.24, 2.45) is 0 Å². The summed E-state index contributed by atoms with van der Waals surface area (Å²) in [7, 11) is -1.47. The molecule has 18 heavy (non-hydrogen) atoms. The monoisotopic (exact) mass is 282 g/mol. The molecule has 0 bridgehead atoms. The van der Waals surface area contributed by atoms with E-state index in [2.05, 4.69) is 10.2 Å². The summed E-state index contributed by atoms with van der Waals surface area (Å²) in [5, 5.41) is 25.7. The normalized spacial score (nSPS) is 10.3. The second-order valence-corrected chi connectivity index (χ2v) is 5.52. The molecule has 0 amide bonds. The molecular formula is C10H11BN2O3S2. The predicted molar refractivity (Wildman–Crippen MR) is 72.4 cm³/mol. The molecule has 0 aliphatic carbocycles. The van der Waals surface area contributed by atoms with Crippen molar-refractivity contribution in [1.29, 1.82) is 0 Å². The van der Waals surface area contributed by atoms with Crippen molar-refractivity contribution in [2.45, 2.75) is 4.34 Å². The molecule has 0 spiro atoms. The van der Waals surface area contributed by atoms with E-state index >= 15 is 0 Å². The Balaban J connectivity index is 1.78. The minimum Gasteiger partial charge on any atom is -0.493 e. The molecule has 0 aliphatic rings. The van der Waals surface area contributed by atoms with Crippen LogP contribution in [0.3, 0.4) is 0 Å². The van der Waals surface area contributed by atoms with Crippen LogP contribution in [0, 0.1) is 0 Å². The highest BCUT2D eigenvalue weighted by Gasteiger charge is 2.10. The van der Waals surface area contributed by atoms with Crippen molar-refractivity contribution < 1.29 is 14.8 Å². The minimum absolute atomic E-state index is 0.421. The molecule has 0 fully saturated rings. The molecule has 1 heterocycles. The highest BCUT2D eigenvalue weighted by Crippen LogP contribution is 2.18. The average Bonchev–Trinajstić information content (AvgIpc) is 2.88. The van der Waals surface area contributed by atoms with Crippen LogP contribution in [-0.2, 0) is 0 Å². The maximum Gasteiger partial charge on any atom is 0.488 e. The minimum atomic E-state index is -1.47. The van der Waals surface area contributed by atoms with Crippen LogP contribution >= 0.6 is 23.1 Å². The Morgan fingerprint density at radius 1 is 1.39 bits per heavy atom. The molecule has 0 atom stereocenters. The first-order valence-electron chi connectivity index (χ1n) is 5.23. The summed E-state index contributed by atoms with van der Waals surface area (Å²) in [5.41, 5.74) is 2.11. The molecule has 2 aromatic rings. The number of thioether (sulfide) groups is 1. The van der Waals surface area contributed by atoms with E-state index in [9.17, 15) is 0 Å². The van der Waals surface area contributed by atoms with Crippen LogP contribution in [0.5, 0.6) is 5.75 Å². The van der Waals surface area contributed by atoms with Gasteiger partial charge in [-0.15, -0.1) is 10.2 Å². The van der Waals surface area contributed by atoms with Crippen LogP contribution in [0.2, 0.25) is 0 Å². The van der Waals surface area contributed by atoms with Gasteiger partial charge in [-0.1, -0.05) is 35.2 Å². The molecule has 0 aliphatic heterocycles. The second kappa shape index (κ2) is 6.74. The van der Waals surface area contributed by atoms with Gasteiger partial charge in [0.1, 0.15) is 11.3 Å². The number of aromatic nitrogens is 2. The third-order valence-corrected chi connectivity index (χ3v) is 3.90. The first kappa shape index (κ1) is 13.3. The van der Waals surface area contributed by atoms with Gasteiger partial charge in [0.05, 0.1) is 6.61 Å². The topological polar surface area (TPSA) is 75.5 Å². The van der Waals surface area contributed by atoms with E-state index in [-0.39, 0.29) is 0 Å². The molecule has 94 valence electrons. The largest absolute Gasteiger partial charge is 0.493 e. The lowest BCUT2D eigenvalue weighted by molar-refractivity contribution is 0.344. The van der Waals surface area contributed by atoms with Gasteiger partial charge in [0.2, 0.25) is 0 Å². The fourth-order valence-electron chi connectivity index (χ4n) is 1.28. The van der Waals surface area contributed by atoms with E-state index in [1.54, 1.807) is 41.5 Å². The summed E-state index contributed by atoms with van der Waals surface area (Å²) in [6, 6.07) is 6.75. The second-order valence-electron chi connectivity index (χ2n) is 3.35. The van der Waals surface area contributed by atoms with Crippen LogP contribution in [0.25, 0.3) is 0 Å². The van der Waals surface area contributed by atoms with Gasteiger partial charge >= 0.3 is 7.12 Å². The van der Waals surface area contributed by atoms with Crippen molar-refractivity contribution in [2.75, 3.05) is 12.4 Å². The molecule has 0 unspecified atom stereocenters. The number of hydrogen-bond donors (Lipinski definition) is 2. The smallest absolute Gasteiger partial charge is 0.488 e. The van der Waals surface area contributed by atoms with E-state index in [0.717, 1.165) is 10.1 Å². The molecule has 1 aromatic carbocycles. The molecular weight excluding hydrogens is 271 g/mol. The van der Waals surface area contributed by atoms with Gasteiger partial charge in [-0.3, -0.25) is 0 Å². The molecule has 1 aromatic heterocycles. The zero-order valence-electron chi connectivity index (χ0n) is 9.39. The molecule has 0 saturated heterocycles. The summed E-state index contributed by atoms with van der Waals surface area (Å²) in [6.07, 6.45) is 0. The molecule has 8 heteroatoms. The number of hydrogen-bond acceptors (Lipinski definition) is 7. The van der Waals surface area contributed by atoms with Gasteiger partial charge in [0, 0.05) is 5.75 Å². The lowest BCUT2D eigenvalue weighted by atomic mass is 9.80. The maximum absolute atomic E-state index is 9.03. The Hall–Kier alpha value is -1.09. The van der Waals surface area contributed by atoms with E-state index < -0.39 is 7.12 Å². The number of nitrogens with zero attached hydrogens (tertiary/aromatic N) is 2. The molecule has 2 N–H and O–H groups in total. The molecule has 2 rings (SSSR count). The highest BCUT2D eigenvalue weighted by atomic mass is 32.2. The summed E-state index contributed by atoms with van der Waals surface area (Å²) in [6.45, 7) is 0.523. The Bertz CT molecular complexity index is 482. The zero-order valence-corrected chi connectivity index (χ0v) is 11.0. The molecule has 5 nitrogen and oxygen atoms in total. The van der Waals surface area contributed by atoms with Crippen LogP contribution in [-0.4, -0.2) is 39.7 Å². The lowest BCUT2D eigenvalue weighted by Crippen LogP contribution is -2.29. The fourth-order valence-corrected chi connectivity index (χ4v) is 2.66. The van der Waals surface area contributed by atoms with Crippen molar-refractivity contribution in [3.8, 4) is 5.75 Å². The summed E-state index contributed by atoms with van der Waals surface area (Å²) in [4.78, 5) is 0. The number of benzene rings is 1. The van der Waals surface area contributed by atoms with Gasteiger partial charge in [0.25, 0.3) is 0 Å². The number of ether oxygens (including phenoxy) is 1. The lowest BCUT2D eigenvalue weighted by Gasteiger charge is -2.06. The van der Waals surface area contributed by atoms with Gasteiger partial charge in [0.15, 0.2) is 4.34 Å². The van der Waals surface area contributed by atoms with Crippen LogP contribution in [0.1, 0.15) is 0 Å². The van der Waals surface area contributed by atoms with Crippen molar-refractivity contribution in [3.63, 3.8) is 0 Å². The van der Waals surface area contributed by atoms with E-state index in [1.807, 2.05) is 0 Å². The Morgan fingerprint density at radius 3 is 3.00 bits per heavy atom. The highest BCUT2D eigenvalue weighted by molar-refractivity contribution is 8.01. The Kier molecular flexibility index (Phi) is 5.00. The standard InChI is InChI=1S/C10H11BN2O3S2/c14-11(15)8-2-1-3-9(6-8)16-4-5-17-10-13-12-7-18-10/h1-3,6-7,14-15H,4-5H2. The van der Waals surface area contributed by atoms with Gasteiger partial charge in [-0.2, -0.15) is 0 Å². The first-order chi connectivity index (χ1) is 8.75. The van der Waals surface area contributed by atoms with Crippen LogP contribution in [0.4, 0.5) is 0 Å². The first-order valence-corrected chi connectivity index (χ1v) is 7.10. The molecule has 0 saturated carbocycles. The maximum atomic E-state index is 9.03. The summed E-state index contributed by atoms with van der Waals surface area (Å²) >= 11 is 3.07. The van der Waals surface area contributed by atoms with Crippen molar-refractivity contribution in [1.82, 2.24) is 10.2 Å². The third-order valence-electron chi connectivity index (χ3n) is 2.07. The number of rotatable bonds is 6. The van der Waals surface area contributed by atoms with Crippen LogP contribution in [0.15, 0.2) is 34.1 Å². The average molecular weight is 282 g/mol. The van der Waals surface area contributed by atoms with Crippen molar-refractivity contribution in [3.05, 3.63) is 29.8 Å². The zero-order chi connectivity index (χ0) is 12.8. The molecule has 0 radical (unpaired) electrons. The van der Waals surface area contributed by atoms with Gasteiger partial charge in [-0.05, 0) is 17.6 Å².